The van der Waals surface area contributed by atoms with Crippen LogP contribution in [0, 0.1) is 6.92 Å². The molecule has 1 N–H and O–H groups in total. The Morgan fingerprint density at radius 2 is 1.79 bits per heavy atom. The van der Waals surface area contributed by atoms with Crippen molar-refractivity contribution in [3.63, 3.8) is 0 Å². The molecule has 1 amide bonds. The van der Waals surface area contributed by atoms with Crippen molar-refractivity contribution >= 4 is 22.4 Å². The number of nitrogens with one attached hydrogen (secondary N) is 1. The summed E-state index contributed by atoms with van der Waals surface area (Å²) in [6.07, 6.45) is 0.0458. The van der Waals surface area contributed by atoms with E-state index in [1.165, 1.54) is 0 Å². The Kier molecular flexibility index (Phi) is 6.55. The van der Waals surface area contributed by atoms with Crippen LogP contribution in [0.3, 0.4) is 0 Å². The van der Waals surface area contributed by atoms with Crippen molar-refractivity contribution in [3.05, 3.63) is 59.7 Å². The normalized spacial score (nSPS) is 12.0. The maximum Gasteiger partial charge on any atom is 0.237 e. The summed E-state index contributed by atoms with van der Waals surface area (Å²) in [7, 11) is -1.30. The van der Waals surface area contributed by atoms with Crippen LogP contribution in [-0.2, 0) is 21.3 Å². The minimum absolute atomic E-state index is 0.0378. The summed E-state index contributed by atoms with van der Waals surface area (Å²) in [5.41, 5.74) is 2.69. The highest BCUT2D eigenvalue weighted by Gasteiger charge is 2.12. The van der Waals surface area contributed by atoms with E-state index in [1.807, 2.05) is 69.3 Å². The predicted octanol–water partition coefficient (Wildman–Crippen LogP) is 3.67. The summed E-state index contributed by atoms with van der Waals surface area (Å²) < 4.78 is 18.0. The Hall–Kier alpha value is -2.14. The highest BCUT2D eigenvalue weighted by Crippen LogP contribution is 2.21. The lowest BCUT2D eigenvalue weighted by Gasteiger charge is -2.14. The van der Waals surface area contributed by atoms with Gasteiger partial charge in [-0.05, 0) is 39.0 Å². The Bertz CT molecular complexity index is 711. The van der Waals surface area contributed by atoms with Gasteiger partial charge < -0.3 is 10.1 Å². The molecule has 0 heterocycles. The van der Waals surface area contributed by atoms with Crippen LogP contribution >= 0.6 is 0 Å². The van der Waals surface area contributed by atoms with Crippen LogP contribution in [0.25, 0.3) is 0 Å². The van der Waals surface area contributed by atoms with E-state index in [2.05, 4.69) is 5.32 Å². The van der Waals surface area contributed by atoms with E-state index in [0.717, 1.165) is 16.9 Å². The largest absolute Gasteiger partial charge is 0.491 e. The van der Waals surface area contributed by atoms with Crippen LogP contribution in [0.4, 0.5) is 5.69 Å². The Morgan fingerprint density at radius 3 is 2.46 bits per heavy atom. The smallest absolute Gasteiger partial charge is 0.237 e. The number of amides is 1. The molecule has 0 bridgehead atoms. The molecule has 0 aromatic heterocycles. The molecule has 24 heavy (non-hydrogen) atoms. The number of ether oxygens (including phenoxy) is 1. The van der Waals surface area contributed by atoms with Crippen molar-refractivity contribution in [1.82, 2.24) is 0 Å². The molecule has 0 fully saturated rings. The molecule has 0 aliphatic carbocycles. The van der Waals surface area contributed by atoms with E-state index in [0.29, 0.717) is 11.4 Å². The summed E-state index contributed by atoms with van der Waals surface area (Å²) in [5.74, 6) is 0.730. The van der Waals surface area contributed by atoms with Gasteiger partial charge in [0.15, 0.2) is 0 Å². The van der Waals surface area contributed by atoms with Gasteiger partial charge in [-0.1, -0.05) is 35.9 Å². The molecule has 0 aliphatic heterocycles. The van der Waals surface area contributed by atoms with Crippen molar-refractivity contribution in [1.29, 1.82) is 0 Å². The molecule has 0 spiro atoms. The molecule has 4 nitrogen and oxygen atoms in total. The molecule has 128 valence electrons. The number of aryl methyl sites for hydroxylation is 1. The summed E-state index contributed by atoms with van der Waals surface area (Å²) in [6, 6.07) is 15.0. The number of benzene rings is 2. The third kappa shape index (κ3) is 5.81. The monoisotopic (exact) mass is 345 g/mol. The average molecular weight is 345 g/mol. The Balaban J connectivity index is 1.93. The van der Waals surface area contributed by atoms with E-state index in [9.17, 15) is 9.00 Å². The molecule has 2 aromatic rings. The number of carbonyl (C=O) groups excluding carboxylic acids is 1. The van der Waals surface area contributed by atoms with Gasteiger partial charge in [-0.3, -0.25) is 9.00 Å². The zero-order valence-electron chi connectivity index (χ0n) is 14.2. The van der Waals surface area contributed by atoms with Crippen LogP contribution in [0.15, 0.2) is 48.5 Å². The van der Waals surface area contributed by atoms with E-state index in [1.54, 1.807) is 0 Å². The van der Waals surface area contributed by atoms with Crippen LogP contribution in [0.5, 0.6) is 5.75 Å². The van der Waals surface area contributed by atoms with Gasteiger partial charge in [-0.2, -0.15) is 0 Å². The van der Waals surface area contributed by atoms with Crippen LogP contribution in [0.2, 0.25) is 0 Å². The second kappa shape index (κ2) is 8.64. The molecule has 0 aliphatic rings. The number of para-hydroxylation sites is 1. The van der Waals surface area contributed by atoms with Gasteiger partial charge in [0, 0.05) is 22.1 Å². The first-order valence-corrected chi connectivity index (χ1v) is 9.39. The first-order chi connectivity index (χ1) is 11.4. The quantitative estimate of drug-likeness (QED) is 0.833. The van der Waals surface area contributed by atoms with Crippen LogP contribution in [-0.4, -0.2) is 22.0 Å². The van der Waals surface area contributed by atoms with Gasteiger partial charge in [0.25, 0.3) is 0 Å². The molecule has 1 unspecified atom stereocenters. The van der Waals surface area contributed by atoms with E-state index < -0.39 is 10.8 Å². The summed E-state index contributed by atoms with van der Waals surface area (Å²) in [4.78, 5) is 12.0. The predicted molar refractivity (Wildman–Crippen MR) is 98.7 cm³/mol. The first kappa shape index (κ1) is 18.2. The third-order valence-electron chi connectivity index (χ3n) is 3.28. The van der Waals surface area contributed by atoms with Gasteiger partial charge in [0.1, 0.15) is 11.5 Å². The second-order valence-corrected chi connectivity index (χ2v) is 7.37. The standard InChI is InChI=1S/C19H23NO3S/c1-14(2)23-18-7-5-4-6-16(18)12-24(22)13-19(21)20-17-10-8-15(3)9-11-17/h4-11,14H,12-13H2,1-3H3,(H,20,21). The van der Waals surface area contributed by atoms with Gasteiger partial charge >= 0.3 is 0 Å². The topological polar surface area (TPSA) is 55.4 Å². The summed E-state index contributed by atoms with van der Waals surface area (Å²) in [5, 5.41) is 2.77. The lowest BCUT2D eigenvalue weighted by molar-refractivity contribution is -0.113. The zero-order chi connectivity index (χ0) is 17.5. The number of hydrogen-bond acceptors (Lipinski definition) is 3. The lowest BCUT2D eigenvalue weighted by Crippen LogP contribution is -2.20. The summed E-state index contributed by atoms with van der Waals surface area (Å²) >= 11 is 0. The fourth-order valence-corrected chi connectivity index (χ4v) is 3.25. The zero-order valence-corrected chi connectivity index (χ0v) is 15.1. The molecular weight excluding hydrogens is 322 g/mol. The highest BCUT2D eigenvalue weighted by molar-refractivity contribution is 7.85. The Morgan fingerprint density at radius 1 is 1.12 bits per heavy atom. The second-order valence-electron chi connectivity index (χ2n) is 5.92. The van der Waals surface area contributed by atoms with Crippen molar-refractivity contribution in [2.45, 2.75) is 32.6 Å². The van der Waals surface area contributed by atoms with Crippen LogP contribution in [0.1, 0.15) is 25.0 Å². The molecule has 1 atom stereocenters. The Labute approximate surface area is 145 Å². The molecule has 0 saturated carbocycles. The average Bonchev–Trinajstić information content (AvgIpc) is 2.51. The molecule has 0 radical (unpaired) electrons. The van der Waals surface area contributed by atoms with E-state index >= 15 is 0 Å². The van der Waals surface area contributed by atoms with Crippen molar-refractivity contribution in [2.24, 2.45) is 0 Å². The molecular formula is C19H23NO3S. The van der Waals surface area contributed by atoms with Crippen LogP contribution < -0.4 is 10.1 Å². The number of rotatable bonds is 7. The van der Waals surface area contributed by atoms with Gasteiger partial charge in [0.05, 0.1) is 11.9 Å². The fraction of sp³-hybridized carbons (Fsp3) is 0.316. The first-order valence-electron chi connectivity index (χ1n) is 7.90. The molecule has 5 heteroatoms. The van der Waals surface area contributed by atoms with Gasteiger partial charge in [-0.15, -0.1) is 0 Å². The number of anilines is 1. The number of carbonyl (C=O) groups is 1. The van der Waals surface area contributed by atoms with E-state index in [4.69, 9.17) is 4.74 Å². The molecule has 2 rings (SSSR count). The van der Waals surface area contributed by atoms with Crippen molar-refractivity contribution in [3.8, 4) is 5.75 Å². The van der Waals surface area contributed by atoms with Crippen molar-refractivity contribution in [2.75, 3.05) is 11.1 Å². The lowest BCUT2D eigenvalue weighted by atomic mass is 10.2. The SMILES string of the molecule is Cc1ccc(NC(=O)CS(=O)Cc2ccccc2OC(C)C)cc1. The highest BCUT2D eigenvalue weighted by atomic mass is 32.2. The fourth-order valence-electron chi connectivity index (χ4n) is 2.20. The maximum absolute atomic E-state index is 12.3. The molecule has 0 saturated heterocycles. The molecule has 2 aromatic carbocycles. The summed E-state index contributed by atoms with van der Waals surface area (Å²) in [6.45, 7) is 5.88. The minimum Gasteiger partial charge on any atom is -0.491 e. The van der Waals surface area contributed by atoms with Crippen molar-refractivity contribution < 1.29 is 13.7 Å². The number of hydrogen-bond donors (Lipinski definition) is 1. The maximum atomic E-state index is 12.3. The van der Waals surface area contributed by atoms with E-state index in [-0.39, 0.29) is 17.8 Å². The third-order valence-corrected chi connectivity index (χ3v) is 4.50. The van der Waals surface area contributed by atoms with Gasteiger partial charge in [0.2, 0.25) is 5.91 Å². The minimum atomic E-state index is -1.30. The van der Waals surface area contributed by atoms with Gasteiger partial charge in [-0.25, -0.2) is 0 Å².